The lowest BCUT2D eigenvalue weighted by atomic mass is 9.87. The highest BCUT2D eigenvalue weighted by Crippen LogP contribution is 2.25. The van der Waals surface area contributed by atoms with Crippen LogP contribution in [-0.4, -0.2) is 48.6 Å². The highest BCUT2D eigenvalue weighted by atomic mass is 16.5. The normalized spacial score (nSPS) is 23.5. The number of para-hydroxylation sites is 1. The van der Waals surface area contributed by atoms with Crippen LogP contribution < -0.4 is 11.1 Å². The first-order valence-electron chi connectivity index (χ1n) is 8.60. The van der Waals surface area contributed by atoms with E-state index in [0.717, 1.165) is 18.5 Å². The van der Waals surface area contributed by atoms with E-state index in [0.29, 0.717) is 39.1 Å². The van der Waals surface area contributed by atoms with Crippen molar-refractivity contribution in [3.63, 3.8) is 0 Å². The third kappa shape index (κ3) is 3.76. The van der Waals surface area contributed by atoms with Crippen molar-refractivity contribution in [1.82, 2.24) is 4.90 Å². The van der Waals surface area contributed by atoms with Crippen molar-refractivity contribution in [3.8, 4) is 0 Å². The number of anilines is 1. The summed E-state index contributed by atoms with van der Waals surface area (Å²) in [5.41, 5.74) is 6.25. The minimum absolute atomic E-state index is 0.0308. The molecule has 0 radical (unpaired) electrons. The molecule has 0 bridgehead atoms. The molecule has 1 aromatic carbocycles. The van der Waals surface area contributed by atoms with Crippen LogP contribution in [-0.2, 0) is 14.3 Å². The highest BCUT2D eigenvalue weighted by molar-refractivity contribution is 5.93. The second kappa shape index (κ2) is 7.32. The molecule has 1 aromatic rings. The molecule has 2 heterocycles. The summed E-state index contributed by atoms with van der Waals surface area (Å²) in [5, 5.41) is 2.93. The molecular weight excluding hydrogens is 306 g/mol. The third-order valence-corrected chi connectivity index (χ3v) is 4.93. The molecule has 0 aromatic heterocycles. The van der Waals surface area contributed by atoms with Crippen LogP contribution >= 0.6 is 0 Å². The van der Waals surface area contributed by atoms with Crippen LogP contribution in [0.4, 0.5) is 5.69 Å². The molecule has 130 valence electrons. The molecule has 2 fully saturated rings. The van der Waals surface area contributed by atoms with E-state index in [1.54, 1.807) is 4.90 Å². The zero-order valence-corrected chi connectivity index (χ0v) is 13.9. The number of nitrogens with zero attached hydrogens (tertiary/aromatic N) is 1. The molecular formula is C18H25N3O3. The van der Waals surface area contributed by atoms with Gasteiger partial charge in [-0.25, -0.2) is 0 Å². The van der Waals surface area contributed by atoms with Gasteiger partial charge in [0, 0.05) is 32.0 Å². The minimum atomic E-state index is -0.837. The number of carbonyl (C=O) groups excluding carboxylic acids is 2. The maximum Gasteiger partial charge on any atom is 0.242 e. The van der Waals surface area contributed by atoms with Crippen LogP contribution in [0, 0.1) is 5.92 Å². The zero-order chi connectivity index (χ0) is 17.0. The molecule has 0 saturated carbocycles. The smallest absolute Gasteiger partial charge is 0.242 e. The molecule has 0 aliphatic carbocycles. The number of ether oxygens (including phenoxy) is 1. The Bertz CT molecular complexity index is 584. The quantitative estimate of drug-likeness (QED) is 0.876. The summed E-state index contributed by atoms with van der Waals surface area (Å²) in [6.07, 6.45) is 2.71. The van der Waals surface area contributed by atoms with Crippen molar-refractivity contribution in [2.24, 2.45) is 11.7 Å². The van der Waals surface area contributed by atoms with Gasteiger partial charge in [0.1, 0.15) is 0 Å². The average Bonchev–Trinajstić information content (AvgIpc) is 2.62. The Hall–Kier alpha value is -1.92. The molecule has 2 saturated heterocycles. The minimum Gasteiger partial charge on any atom is -0.381 e. The topological polar surface area (TPSA) is 84.7 Å². The van der Waals surface area contributed by atoms with Gasteiger partial charge in [0.15, 0.2) is 0 Å². The Morgan fingerprint density at radius 3 is 2.62 bits per heavy atom. The summed E-state index contributed by atoms with van der Waals surface area (Å²) in [7, 11) is 0. The summed E-state index contributed by atoms with van der Waals surface area (Å²) in [4.78, 5) is 27.1. The number of rotatable bonds is 3. The van der Waals surface area contributed by atoms with Crippen molar-refractivity contribution in [1.29, 1.82) is 0 Å². The van der Waals surface area contributed by atoms with Gasteiger partial charge in [0.25, 0.3) is 0 Å². The van der Waals surface area contributed by atoms with Crippen molar-refractivity contribution in [2.75, 3.05) is 31.6 Å². The Labute approximate surface area is 142 Å². The Kier molecular flexibility index (Phi) is 5.16. The molecule has 2 aliphatic rings. The van der Waals surface area contributed by atoms with Crippen LogP contribution in [0.15, 0.2) is 30.3 Å². The van der Waals surface area contributed by atoms with Gasteiger partial charge in [-0.05, 0) is 37.8 Å². The van der Waals surface area contributed by atoms with E-state index in [1.165, 1.54) is 0 Å². The second-order valence-electron chi connectivity index (χ2n) is 6.71. The van der Waals surface area contributed by atoms with Gasteiger partial charge in [-0.15, -0.1) is 0 Å². The number of benzene rings is 1. The van der Waals surface area contributed by atoms with E-state index < -0.39 is 5.54 Å². The predicted molar refractivity (Wildman–Crippen MR) is 91.3 cm³/mol. The van der Waals surface area contributed by atoms with Crippen molar-refractivity contribution in [3.05, 3.63) is 30.3 Å². The molecule has 1 unspecified atom stereocenters. The van der Waals surface area contributed by atoms with E-state index >= 15 is 0 Å². The molecule has 2 aliphatic heterocycles. The van der Waals surface area contributed by atoms with Gasteiger partial charge in [-0.3, -0.25) is 9.59 Å². The lowest BCUT2D eigenvalue weighted by molar-refractivity contribution is -0.143. The van der Waals surface area contributed by atoms with Gasteiger partial charge < -0.3 is 20.7 Å². The maximum absolute atomic E-state index is 12.8. The largest absolute Gasteiger partial charge is 0.381 e. The third-order valence-electron chi connectivity index (χ3n) is 4.93. The summed E-state index contributed by atoms with van der Waals surface area (Å²) in [6, 6.07) is 9.40. The summed E-state index contributed by atoms with van der Waals surface area (Å²) >= 11 is 0. The molecule has 2 amide bonds. The van der Waals surface area contributed by atoms with Crippen LogP contribution in [0.3, 0.4) is 0 Å². The first-order chi connectivity index (χ1) is 11.6. The molecule has 6 nitrogen and oxygen atoms in total. The lowest BCUT2D eigenvalue weighted by Crippen LogP contribution is -2.60. The number of hydrogen-bond donors (Lipinski definition) is 2. The average molecular weight is 331 g/mol. The zero-order valence-electron chi connectivity index (χ0n) is 13.9. The molecule has 3 N–H and O–H groups in total. The van der Waals surface area contributed by atoms with E-state index in [4.69, 9.17) is 10.5 Å². The number of likely N-dealkylation sites (tertiary alicyclic amines) is 1. The molecule has 6 heteroatoms. The fourth-order valence-corrected chi connectivity index (χ4v) is 3.41. The predicted octanol–water partition coefficient (Wildman–Crippen LogP) is 1.37. The molecule has 3 rings (SSSR count). The standard InChI is InChI=1S/C18H25N3O3/c19-18(8-11-24-12-9-18)17(23)21-10-4-5-14(13-21)16(22)20-15-6-2-1-3-7-15/h1-3,6-7,14H,4-5,8-13,19H2,(H,20,22). The molecule has 1 atom stereocenters. The van der Waals surface area contributed by atoms with E-state index in [-0.39, 0.29) is 17.7 Å². The van der Waals surface area contributed by atoms with Gasteiger partial charge >= 0.3 is 0 Å². The first kappa shape index (κ1) is 16.9. The van der Waals surface area contributed by atoms with Crippen LogP contribution in [0.5, 0.6) is 0 Å². The van der Waals surface area contributed by atoms with Gasteiger partial charge in [-0.2, -0.15) is 0 Å². The number of carbonyl (C=O) groups is 2. The second-order valence-corrected chi connectivity index (χ2v) is 6.71. The molecule has 0 spiro atoms. The Balaban J connectivity index is 1.61. The fraction of sp³-hybridized carbons (Fsp3) is 0.556. The van der Waals surface area contributed by atoms with Crippen LogP contribution in [0.25, 0.3) is 0 Å². The van der Waals surface area contributed by atoms with E-state index in [1.807, 2.05) is 30.3 Å². The SMILES string of the molecule is NC1(C(=O)N2CCCC(C(=O)Nc3ccccc3)C2)CCOCC1. The van der Waals surface area contributed by atoms with Crippen LogP contribution in [0.1, 0.15) is 25.7 Å². The number of nitrogens with one attached hydrogen (secondary N) is 1. The number of nitrogens with two attached hydrogens (primary N) is 1. The summed E-state index contributed by atoms with van der Waals surface area (Å²) in [6.45, 7) is 2.16. The fourth-order valence-electron chi connectivity index (χ4n) is 3.41. The number of piperidine rings is 1. The maximum atomic E-state index is 12.8. The summed E-state index contributed by atoms with van der Waals surface area (Å²) in [5.74, 6) is -0.258. The first-order valence-corrected chi connectivity index (χ1v) is 8.60. The van der Waals surface area contributed by atoms with Crippen molar-refractivity contribution < 1.29 is 14.3 Å². The van der Waals surface area contributed by atoms with Gasteiger partial charge in [0.05, 0.1) is 11.5 Å². The summed E-state index contributed by atoms with van der Waals surface area (Å²) < 4.78 is 5.31. The number of amides is 2. The van der Waals surface area contributed by atoms with Gasteiger partial charge in [-0.1, -0.05) is 18.2 Å². The number of hydrogen-bond acceptors (Lipinski definition) is 4. The van der Waals surface area contributed by atoms with E-state index in [2.05, 4.69) is 5.32 Å². The van der Waals surface area contributed by atoms with Crippen molar-refractivity contribution >= 4 is 17.5 Å². The monoisotopic (exact) mass is 331 g/mol. The van der Waals surface area contributed by atoms with Gasteiger partial charge in [0.2, 0.25) is 11.8 Å². The van der Waals surface area contributed by atoms with Crippen LogP contribution in [0.2, 0.25) is 0 Å². The highest BCUT2D eigenvalue weighted by Gasteiger charge is 2.41. The van der Waals surface area contributed by atoms with Crippen molar-refractivity contribution in [2.45, 2.75) is 31.2 Å². The Morgan fingerprint density at radius 1 is 1.21 bits per heavy atom. The van der Waals surface area contributed by atoms with E-state index in [9.17, 15) is 9.59 Å². The lowest BCUT2D eigenvalue weighted by Gasteiger charge is -2.40. The Morgan fingerprint density at radius 2 is 1.92 bits per heavy atom. The molecule has 24 heavy (non-hydrogen) atoms.